The van der Waals surface area contributed by atoms with Gasteiger partial charge in [0.25, 0.3) is 0 Å². The summed E-state index contributed by atoms with van der Waals surface area (Å²) in [5, 5.41) is 17.8. The molecule has 2 heterocycles. The molecule has 0 radical (unpaired) electrons. The van der Waals surface area contributed by atoms with Crippen molar-refractivity contribution in [3.05, 3.63) is 96.3 Å². The van der Waals surface area contributed by atoms with E-state index in [-0.39, 0.29) is 18.2 Å². The molecule has 7 nitrogen and oxygen atoms in total. The normalized spacial score (nSPS) is 10.7. The van der Waals surface area contributed by atoms with E-state index in [9.17, 15) is 9.50 Å². The molecule has 0 atom stereocenters. The predicted molar refractivity (Wildman–Crippen MR) is 161 cm³/mol. The Bertz CT molecular complexity index is 1540. The topological polar surface area (TPSA) is 92.4 Å². The molecule has 0 aliphatic rings. The van der Waals surface area contributed by atoms with E-state index in [2.05, 4.69) is 47.1 Å². The van der Waals surface area contributed by atoms with Gasteiger partial charge >= 0.3 is 0 Å². The Morgan fingerprint density at radius 1 is 1.00 bits per heavy atom. The molecule has 40 heavy (non-hydrogen) atoms. The Morgan fingerprint density at radius 2 is 1.85 bits per heavy atom. The minimum absolute atomic E-state index is 0.0462. The maximum absolute atomic E-state index is 13.4. The number of fused-ring (bicyclic) bond motifs is 1. The number of halogens is 1. The molecule has 0 aliphatic carbocycles. The third-order valence-corrected chi connectivity index (χ3v) is 5.90. The second-order valence-electron chi connectivity index (χ2n) is 9.05. The number of anilines is 2. The molecule has 0 bridgehead atoms. The largest absolute Gasteiger partial charge is 0.504 e. The summed E-state index contributed by atoms with van der Waals surface area (Å²) in [4.78, 5) is 8.78. The fraction of sp³-hybridized carbons (Fsp3) is 0.226. The van der Waals surface area contributed by atoms with Crippen molar-refractivity contribution in [2.45, 2.75) is 33.4 Å². The number of hydrogen-bond donors (Lipinski definition) is 4. The van der Waals surface area contributed by atoms with Crippen molar-refractivity contribution in [3.8, 4) is 22.8 Å². The molecule has 3 aromatic carbocycles. The number of furan rings is 1. The number of nitrogens with zero attached hydrogens (tertiary/aromatic N) is 2. The van der Waals surface area contributed by atoms with Crippen LogP contribution in [0.1, 0.15) is 31.6 Å². The fourth-order valence-corrected chi connectivity index (χ4v) is 4.03. The molecular formula is C31H33FN4O3S. The van der Waals surface area contributed by atoms with Crippen LogP contribution in [0.15, 0.2) is 83.5 Å². The molecular weight excluding hydrogens is 527 g/mol. The van der Waals surface area contributed by atoms with E-state index in [1.807, 2.05) is 30.3 Å². The van der Waals surface area contributed by atoms with Gasteiger partial charge in [-0.25, -0.2) is 14.4 Å². The highest BCUT2D eigenvalue weighted by Gasteiger charge is 2.11. The van der Waals surface area contributed by atoms with Gasteiger partial charge in [0.05, 0.1) is 12.1 Å². The zero-order chi connectivity index (χ0) is 28.3. The highest BCUT2D eigenvalue weighted by molar-refractivity contribution is 7.80. The molecule has 0 unspecified atom stereocenters. The van der Waals surface area contributed by atoms with Gasteiger partial charge in [0.1, 0.15) is 36.1 Å². The Morgan fingerprint density at radius 3 is 2.62 bits per heavy atom. The van der Waals surface area contributed by atoms with E-state index >= 15 is 0 Å². The standard InChI is InChI=1S/C28H25FN4O3S.C3H8/c29-20-3-1-2-18(12-20)16-35-27-8-5-21(14-25(27)34)33-28-23-13-19(4-7-24(23)31-17-32-28)26-9-6-22(36-26)15-30-10-11-37;1-3-2/h1-9,12-14,17,30,34,37H,10-11,15-16H2,(H,31,32,33);3H2,1-2H3. The van der Waals surface area contributed by atoms with Crippen LogP contribution in [0.2, 0.25) is 0 Å². The molecule has 0 saturated carbocycles. The Hall–Kier alpha value is -4.08. The van der Waals surface area contributed by atoms with Crippen LogP contribution < -0.4 is 15.4 Å². The fourth-order valence-electron chi connectivity index (χ4n) is 3.87. The van der Waals surface area contributed by atoms with Gasteiger partial charge in [-0.3, -0.25) is 0 Å². The van der Waals surface area contributed by atoms with Gasteiger partial charge in [0, 0.05) is 35.0 Å². The van der Waals surface area contributed by atoms with Crippen molar-refractivity contribution in [2.24, 2.45) is 0 Å². The van der Waals surface area contributed by atoms with E-state index in [1.165, 1.54) is 24.9 Å². The van der Waals surface area contributed by atoms with Crippen molar-refractivity contribution in [1.29, 1.82) is 0 Å². The molecule has 3 N–H and O–H groups in total. The average molecular weight is 561 g/mol. The van der Waals surface area contributed by atoms with Crippen LogP contribution in [-0.2, 0) is 13.2 Å². The highest BCUT2D eigenvalue weighted by Crippen LogP contribution is 2.33. The van der Waals surface area contributed by atoms with E-state index in [1.54, 1.807) is 30.3 Å². The van der Waals surface area contributed by atoms with E-state index in [4.69, 9.17) is 9.15 Å². The number of aromatic nitrogens is 2. The maximum atomic E-state index is 13.4. The van der Waals surface area contributed by atoms with Gasteiger partial charge in [-0.2, -0.15) is 12.6 Å². The van der Waals surface area contributed by atoms with Crippen LogP contribution in [0.4, 0.5) is 15.9 Å². The summed E-state index contributed by atoms with van der Waals surface area (Å²) in [7, 11) is 0. The third-order valence-electron chi connectivity index (χ3n) is 5.67. The van der Waals surface area contributed by atoms with Gasteiger partial charge in [0.2, 0.25) is 0 Å². The number of ether oxygens (including phenoxy) is 1. The zero-order valence-electron chi connectivity index (χ0n) is 22.5. The minimum atomic E-state index is -0.334. The number of thiol groups is 1. The summed E-state index contributed by atoms with van der Waals surface area (Å²) in [6.07, 6.45) is 2.73. The lowest BCUT2D eigenvalue weighted by atomic mass is 10.1. The van der Waals surface area contributed by atoms with Gasteiger partial charge in [0.15, 0.2) is 11.5 Å². The number of phenolic OH excluding ortho intramolecular Hbond substituents is 1. The molecule has 0 spiro atoms. The van der Waals surface area contributed by atoms with Crippen LogP contribution in [-0.4, -0.2) is 27.4 Å². The number of rotatable bonds is 10. The van der Waals surface area contributed by atoms with Crippen molar-refractivity contribution in [2.75, 3.05) is 17.6 Å². The monoisotopic (exact) mass is 560 g/mol. The molecule has 5 rings (SSSR count). The van der Waals surface area contributed by atoms with Crippen LogP contribution in [0.25, 0.3) is 22.2 Å². The molecule has 2 aromatic heterocycles. The van der Waals surface area contributed by atoms with Gasteiger partial charge in [-0.1, -0.05) is 32.4 Å². The van der Waals surface area contributed by atoms with Gasteiger partial charge in [-0.05, 0) is 60.2 Å². The number of hydrogen-bond acceptors (Lipinski definition) is 8. The summed E-state index contributed by atoms with van der Waals surface area (Å²) < 4.78 is 25.0. The van der Waals surface area contributed by atoms with Gasteiger partial charge in [-0.15, -0.1) is 0 Å². The van der Waals surface area contributed by atoms with E-state index < -0.39 is 0 Å². The molecule has 0 fully saturated rings. The molecule has 0 aliphatic heterocycles. The van der Waals surface area contributed by atoms with E-state index in [0.717, 1.165) is 40.3 Å². The number of phenols is 1. The summed E-state index contributed by atoms with van der Waals surface area (Å²) in [6.45, 7) is 5.82. The van der Waals surface area contributed by atoms with Crippen LogP contribution in [0.3, 0.4) is 0 Å². The quantitative estimate of drug-likeness (QED) is 0.104. The molecule has 9 heteroatoms. The third kappa shape index (κ3) is 7.74. The first-order valence-corrected chi connectivity index (χ1v) is 13.8. The number of nitrogens with one attached hydrogen (secondary N) is 2. The average Bonchev–Trinajstić information content (AvgIpc) is 3.42. The molecule has 0 amide bonds. The first-order valence-electron chi connectivity index (χ1n) is 13.1. The number of benzene rings is 3. The van der Waals surface area contributed by atoms with Crippen molar-refractivity contribution >= 4 is 35.0 Å². The van der Waals surface area contributed by atoms with Crippen LogP contribution in [0.5, 0.6) is 11.5 Å². The maximum Gasteiger partial charge on any atom is 0.161 e. The second-order valence-corrected chi connectivity index (χ2v) is 9.50. The lowest BCUT2D eigenvalue weighted by Crippen LogP contribution is -2.15. The Balaban J connectivity index is 0.00000118. The summed E-state index contributed by atoms with van der Waals surface area (Å²) >= 11 is 4.20. The predicted octanol–water partition coefficient (Wildman–Crippen LogP) is 7.49. The minimum Gasteiger partial charge on any atom is -0.504 e. The SMILES string of the molecule is CCC.Oc1cc(Nc2ncnc3ccc(-c4ccc(CNCCS)o4)cc23)ccc1OCc1cccc(F)c1. The smallest absolute Gasteiger partial charge is 0.161 e. The first-order chi connectivity index (χ1) is 19.5. The van der Waals surface area contributed by atoms with Crippen molar-refractivity contribution in [3.63, 3.8) is 0 Å². The molecule has 0 saturated heterocycles. The zero-order valence-corrected chi connectivity index (χ0v) is 23.4. The Labute approximate surface area is 238 Å². The second kappa shape index (κ2) is 14.3. The van der Waals surface area contributed by atoms with E-state index in [0.29, 0.717) is 29.4 Å². The number of aromatic hydroxyl groups is 1. The molecule has 5 aromatic rings. The summed E-state index contributed by atoms with van der Waals surface area (Å²) in [5.74, 6) is 2.85. The van der Waals surface area contributed by atoms with Gasteiger partial charge < -0.3 is 24.9 Å². The summed E-state index contributed by atoms with van der Waals surface area (Å²) in [5.41, 5.74) is 2.96. The van der Waals surface area contributed by atoms with Crippen molar-refractivity contribution in [1.82, 2.24) is 15.3 Å². The molecule has 208 valence electrons. The van der Waals surface area contributed by atoms with Crippen molar-refractivity contribution < 1.29 is 18.7 Å². The van der Waals surface area contributed by atoms with Crippen LogP contribution in [0, 0.1) is 5.82 Å². The van der Waals surface area contributed by atoms with Crippen LogP contribution >= 0.6 is 12.6 Å². The lowest BCUT2D eigenvalue weighted by Gasteiger charge is -2.12. The summed E-state index contributed by atoms with van der Waals surface area (Å²) in [6, 6.07) is 20.9. The highest BCUT2D eigenvalue weighted by atomic mass is 32.1. The lowest BCUT2D eigenvalue weighted by molar-refractivity contribution is 0.288. The Kier molecular flexibility index (Phi) is 10.4. The first kappa shape index (κ1) is 28.9.